The van der Waals surface area contributed by atoms with E-state index in [1.54, 1.807) is 18.2 Å². The molecule has 0 unspecified atom stereocenters. The zero-order chi connectivity index (χ0) is 16.5. The number of rotatable bonds is 4. The molecule has 8 heteroatoms. The van der Waals surface area contributed by atoms with Gasteiger partial charge in [0, 0.05) is 15.1 Å². The number of hydrogen-bond donors (Lipinski definition) is 0. The molecule has 120 valence electrons. The molecule has 0 saturated carbocycles. The van der Waals surface area contributed by atoms with Crippen LogP contribution < -0.4 is 0 Å². The Morgan fingerprint density at radius 1 is 1.08 bits per heavy atom. The molecule has 0 aliphatic carbocycles. The Labute approximate surface area is 154 Å². The first-order valence-corrected chi connectivity index (χ1v) is 9.10. The van der Waals surface area contributed by atoms with Gasteiger partial charge in [-0.25, -0.2) is 4.98 Å². The van der Waals surface area contributed by atoms with E-state index >= 15 is 0 Å². The molecule has 0 radical (unpaired) electrons. The van der Waals surface area contributed by atoms with E-state index in [4.69, 9.17) is 20.4 Å². The standard InChI is InChI=1S/C16H9BrClN3O2S/c17-10-3-1-2-9(6-10)15-21-20-14(23-15)8-24-16-19-12-7-11(18)4-5-13(12)22-16/h1-7H,8H2. The summed E-state index contributed by atoms with van der Waals surface area (Å²) in [7, 11) is 0. The summed E-state index contributed by atoms with van der Waals surface area (Å²) in [5.41, 5.74) is 2.29. The molecule has 5 nitrogen and oxygen atoms in total. The predicted octanol–water partition coefficient (Wildman–Crippen LogP) is 5.59. The summed E-state index contributed by atoms with van der Waals surface area (Å²) < 4.78 is 12.3. The van der Waals surface area contributed by atoms with E-state index in [1.807, 2.05) is 24.3 Å². The van der Waals surface area contributed by atoms with Crippen LogP contribution in [0.1, 0.15) is 5.89 Å². The lowest BCUT2D eigenvalue weighted by atomic mass is 10.2. The smallest absolute Gasteiger partial charge is 0.257 e. The molecule has 0 aliphatic rings. The number of thioether (sulfide) groups is 1. The van der Waals surface area contributed by atoms with Gasteiger partial charge >= 0.3 is 0 Å². The third-order valence-corrected chi connectivity index (χ3v) is 4.73. The predicted molar refractivity (Wildman–Crippen MR) is 96.0 cm³/mol. The van der Waals surface area contributed by atoms with Crippen LogP contribution in [0.4, 0.5) is 0 Å². The SMILES string of the molecule is Clc1ccc2oc(SCc3nnc(-c4cccc(Br)c4)o3)nc2c1. The fourth-order valence-corrected chi connectivity index (χ4v) is 3.36. The third kappa shape index (κ3) is 3.33. The van der Waals surface area contributed by atoms with Crippen molar-refractivity contribution in [2.24, 2.45) is 0 Å². The fourth-order valence-electron chi connectivity index (χ4n) is 2.11. The summed E-state index contributed by atoms with van der Waals surface area (Å²) in [6, 6.07) is 13.0. The average Bonchev–Trinajstić information content (AvgIpc) is 3.19. The van der Waals surface area contributed by atoms with Crippen molar-refractivity contribution < 1.29 is 8.83 Å². The molecule has 4 rings (SSSR count). The van der Waals surface area contributed by atoms with E-state index in [9.17, 15) is 0 Å². The molecule has 0 amide bonds. The Bertz CT molecular complexity index is 1020. The molecule has 2 heterocycles. The molecule has 24 heavy (non-hydrogen) atoms. The molecule has 0 spiro atoms. The first kappa shape index (κ1) is 15.7. The number of benzene rings is 2. The van der Waals surface area contributed by atoms with E-state index in [-0.39, 0.29) is 0 Å². The summed E-state index contributed by atoms with van der Waals surface area (Å²) in [6.07, 6.45) is 0. The Morgan fingerprint density at radius 2 is 2.00 bits per heavy atom. The van der Waals surface area contributed by atoms with Gasteiger partial charge in [0.25, 0.3) is 5.22 Å². The second-order valence-electron chi connectivity index (χ2n) is 4.89. The molecule has 0 N–H and O–H groups in total. The molecule has 0 bridgehead atoms. The number of halogens is 2. The zero-order valence-corrected chi connectivity index (χ0v) is 15.2. The summed E-state index contributed by atoms with van der Waals surface area (Å²) in [5, 5.41) is 9.30. The van der Waals surface area contributed by atoms with Gasteiger partial charge in [-0.2, -0.15) is 0 Å². The zero-order valence-electron chi connectivity index (χ0n) is 12.1. The highest BCUT2D eigenvalue weighted by Crippen LogP contribution is 2.28. The maximum absolute atomic E-state index is 5.95. The van der Waals surface area contributed by atoms with E-state index in [0.29, 0.717) is 33.4 Å². The summed E-state index contributed by atoms with van der Waals surface area (Å²) in [6.45, 7) is 0. The molecule has 0 atom stereocenters. The summed E-state index contributed by atoms with van der Waals surface area (Å²) in [4.78, 5) is 4.38. The van der Waals surface area contributed by atoms with Crippen LogP contribution in [0.2, 0.25) is 5.02 Å². The third-order valence-electron chi connectivity index (χ3n) is 3.19. The van der Waals surface area contributed by atoms with Gasteiger partial charge in [0.05, 0.1) is 5.75 Å². The quantitative estimate of drug-likeness (QED) is 0.400. The van der Waals surface area contributed by atoms with Crippen LogP contribution in [-0.4, -0.2) is 15.2 Å². The van der Waals surface area contributed by atoms with Gasteiger partial charge in [-0.05, 0) is 36.4 Å². The molecule has 0 saturated heterocycles. The van der Waals surface area contributed by atoms with Crippen LogP contribution in [0, 0.1) is 0 Å². The van der Waals surface area contributed by atoms with Crippen LogP contribution in [0.15, 0.2) is 61.0 Å². The van der Waals surface area contributed by atoms with E-state index in [0.717, 1.165) is 15.6 Å². The molecule has 2 aromatic carbocycles. The van der Waals surface area contributed by atoms with Gasteiger partial charge in [-0.15, -0.1) is 10.2 Å². The van der Waals surface area contributed by atoms with Gasteiger partial charge in [0.2, 0.25) is 11.8 Å². The molecule has 0 fully saturated rings. The average molecular weight is 423 g/mol. The number of aromatic nitrogens is 3. The molecule has 2 aromatic heterocycles. The number of oxazole rings is 1. The highest BCUT2D eigenvalue weighted by molar-refractivity contribution is 9.10. The second-order valence-corrected chi connectivity index (χ2v) is 7.17. The number of nitrogens with zero attached hydrogens (tertiary/aromatic N) is 3. The van der Waals surface area contributed by atoms with Crippen molar-refractivity contribution in [1.82, 2.24) is 15.2 Å². The Hall–Kier alpha value is -1.83. The summed E-state index contributed by atoms with van der Waals surface area (Å²) in [5.74, 6) is 1.47. The van der Waals surface area contributed by atoms with E-state index in [2.05, 4.69) is 31.1 Å². The van der Waals surface area contributed by atoms with Crippen molar-refractivity contribution in [3.63, 3.8) is 0 Å². The van der Waals surface area contributed by atoms with Crippen LogP contribution >= 0.6 is 39.3 Å². The number of hydrogen-bond acceptors (Lipinski definition) is 6. The molecule has 0 aliphatic heterocycles. The van der Waals surface area contributed by atoms with Gasteiger partial charge in [0.1, 0.15) is 5.52 Å². The fraction of sp³-hybridized carbons (Fsp3) is 0.0625. The highest BCUT2D eigenvalue weighted by Gasteiger charge is 2.12. The maximum Gasteiger partial charge on any atom is 0.257 e. The normalized spacial score (nSPS) is 11.2. The second kappa shape index (κ2) is 6.58. The first-order valence-electron chi connectivity index (χ1n) is 6.94. The van der Waals surface area contributed by atoms with Gasteiger partial charge in [0.15, 0.2) is 5.58 Å². The van der Waals surface area contributed by atoms with Crippen molar-refractivity contribution in [3.8, 4) is 11.5 Å². The number of fused-ring (bicyclic) bond motifs is 1. The topological polar surface area (TPSA) is 65.0 Å². The van der Waals surface area contributed by atoms with Crippen LogP contribution in [0.3, 0.4) is 0 Å². The Kier molecular flexibility index (Phi) is 4.30. The monoisotopic (exact) mass is 421 g/mol. The largest absolute Gasteiger partial charge is 0.431 e. The van der Waals surface area contributed by atoms with Crippen LogP contribution in [0.5, 0.6) is 0 Å². The van der Waals surface area contributed by atoms with Crippen LogP contribution in [0.25, 0.3) is 22.6 Å². The van der Waals surface area contributed by atoms with Crippen molar-refractivity contribution >= 4 is 50.4 Å². The van der Waals surface area contributed by atoms with Crippen molar-refractivity contribution in [3.05, 3.63) is 57.9 Å². The van der Waals surface area contributed by atoms with Crippen molar-refractivity contribution in [2.75, 3.05) is 0 Å². The highest BCUT2D eigenvalue weighted by atomic mass is 79.9. The molecule has 4 aromatic rings. The lowest BCUT2D eigenvalue weighted by Gasteiger charge is -1.95. The Morgan fingerprint density at radius 3 is 2.88 bits per heavy atom. The van der Waals surface area contributed by atoms with E-state index < -0.39 is 0 Å². The maximum atomic E-state index is 5.95. The van der Waals surface area contributed by atoms with Crippen molar-refractivity contribution in [1.29, 1.82) is 0 Å². The molecular formula is C16H9BrClN3O2S. The molecular weight excluding hydrogens is 414 g/mol. The van der Waals surface area contributed by atoms with E-state index in [1.165, 1.54) is 11.8 Å². The minimum atomic E-state index is 0.474. The lowest BCUT2D eigenvalue weighted by Crippen LogP contribution is -1.80. The first-order chi connectivity index (χ1) is 11.7. The van der Waals surface area contributed by atoms with Crippen LogP contribution in [-0.2, 0) is 5.75 Å². The van der Waals surface area contributed by atoms with Gasteiger partial charge < -0.3 is 8.83 Å². The summed E-state index contributed by atoms with van der Waals surface area (Å²) >= 11 is 10.8. The lowest BCUT2D eigenvalue weighted by molar-refractivity contribution is 0.486. The van der Waals surface area contributed by atoms with Gasteiger partial charge in [-0.1, -0.05) is 45.4 Å². The van der Waals surface area contributed by atoms with Gasteiger partial charge in [-0.3, -0.25) is 0 Å². The minimum absolute atomic E-state index is 0.474. The van der Waals surface area contributed by atoms with Crippen molar-refractivity contribution in [2.45, 2.75) is 11.0 Å². The Balaban J connectivity index is 1.49. The minimum Gasteiger partial charge on any atom is -0.431 e.